The van der Waals surface area contributed by atoms with Crippen LogP contribution in [0.1, 0.15) is 44.4 Å². The first-order chi connectivity index (χ1) is 7.70. The molecule has 0 bridgehead atoms. The molecule has 1 N–H and O–H groups in total. The van der Waals surface area contributed by atoms with Gasteiger partial charge in [0.1, 0.15) is 12.4 Å². The fourth-order valence-electron chi connectivity index (χ4n) is 2.25. The van der Waals surface area contributed by atoms with Crippen molar-refractivity contribution in [1.29, 1.82) is 0 Å². The Kier molecular flexibility index (Phi) is 3.49. The SMILES string of the molecule is CCCc1ccc2c(c1)C(NC(C)C)CO2. The monoisotopic (exact) mass is 219 g/mol. The summed E-state index contributed by atoms with van der Waals surface area (Å²) in [5, 5.41) is 3.54. The van der Waals surface area contributed by atoms with E-state index in [1.807, 2.05) is 0 Å². The normalized spacial score (nSPS) is 18.6. The molecule has 2 nitrogen and oxygen atoms in total. The van der Waals surface area contributed by atoms with Crippen LogP contribution in [0.15, 0.2) is 18.2 Å². The van der Waals surface area contributed by atoms with Crippen molar-refractivity contribution in [2.75, 3.05) is 6.61 Å². The molecule has 0 saturated carbocycles. The van der Waals surface area contributed by atoms with Crippen molar-refractivity contribution in [3.05, 3.63) is 29.3 Å². The summed E-state index contributed by atoms with van der Waals surface area (Å²) >= 11 is 0. The first kappa shape index (κ1) is 11.5. The molecule has 16 heavy (non-hydrogen) atoms. The molecule has 2 heteroatoms. The first-order valence-electron chi connectivity index (χ1n) is 6.22. The lowest BCUT2D eigenvalue weighted by Crippen LogP contribution is -2.29. The molecule has 0 aromatic heterocycles. The second-order valence-electron chi connectivity index (χ2n) is 4.81. The van der Waals surface area contributed by atoms with Crippen molar-refractivity contribution in [2.24, 2.45) is 0 Å². The maximum atomic E-state index is 5.68. The van der Waals surface area contributed by atoms with E-state index in [4.69, 9.17) is 4.74 Å². The number of fused-ring (bicyclic) bond motifs is 1. The van der Waals surface area contributed by atoms with Crippen LogP contribution in [0.3, 0.4) is 0 Å². The molecule has 88 valence electrons. The number of benzene rings is 1. The van der Waals surface area contributed by atoms with E-state index in [9.17, 15) is 0 Å². The lowest BCUT2D eigenvalue weighted by molar-refractivity contribution is 0.303. The second kappa shape index (κ2) is 4.88. The summed E-state index contributed by atoms with van der Waals surface area (Å²) in [4.78, 5) is 0. The van der Waals surface area contributed by atoms with Gasteiger partial charge in [0, 0.05) is 11.6 Å². The van der Waals surface area contributed by atoms with Gasteiger partial charge in [-0.25, -0.2) is 0 Å². The van der Waals surface area contributed by atoms with E-state index < -0.39 is 0 Å². The van der Waals surface area contributed by atoms with Crippen molar-refractivity contribution in [2.45, 2.75) is 45.7 Å². The summed E-state index contributed by atoms with van der Waals surface area (Å²) in [6.07, 6.45) is 2.35. The highest BCUT2D eigenvalue weighted by Crippen LogP contribution is 2.33. The molecule has 0 amide bonds. The summed E-state index contributed by atoms with van der Waals surface area (Å²) in [7, 11) is 0. The lowest BCUT2D eigenvalue weighted by atomic mass is 10.0. The molecule has 0 saturated heterocycles. The van der Waals surface area contributed by atoms with Gasteiger partial charge in [0.05, 0.1) is 6.04 Å². The first-order valence-corrected chi connectivity index (χ1v) is 6.22. The number of nitrogens with one attached hydrogen (secondary N) is 1. The number of rotatable bonds is 4. The zero-order valence-corrected chi connectivity index (χ0v) is 10.4. The van der Waals surface area contributed by atoms with Gasteiger partial charge >= 0.3 is 0 Å². The Balaban J connectivity index is 2.19. The highest BCUT2D eigenvalue weighted by atomic mass is 16.5. The standard InChI is InChI=1S/C14H21NO/c1-4-5-11-6-7-14-12(8-11)13(9-16-14)15-10(2)3/h6-8,10,13,15H,4-5,9H2,1-3H3. The summed E-state index contributed by atoms with van der Waals surface area (Å²) in [5.74, 6) is 1.05. The van der Waals surface area contributed by atoms with Crippen LogP contribution in [-0.2, 0) is 6.42 Å². The van der Waals surface area contributed by atoms with E-state index >= 15 is 0 Å². The van der Waals surface area contributed by atoms with Crippen LogP contribution in [0.2, 0.25) is 0 Å². The topological polar surface area (TPSA) is 21.3 Å². The van der Waals surface area contributed by atoms with Gasteiger partial charge in [-0.3, -0.25) is 0 Å². The lowest BCUT2D eigenvalue weighted by Gasteiger charge is -2.15. The quantitative estimate of drug-likeness (QED) is 0.840. The Labute approximate surface area is 98.0 Å². The van der Waals surface area contributed by atoms with Gasteiger partial charge in [-0.05, 0) is 18.1 Å². The maximum Gasteiger partial charge on any atom is 0.124 e. The fourth-order valence-corrected chi connectivity index (χ4v) is 2.25. The van der Waals surface area contributed by atoms with Crippen LogP contribution in [0.25, 0.3) is 0 Å². The average Bonchev–Trinajstić information content (AvgIpc) is 2.61. The molecule has 1 aliphatic rings. The Morgan fingerprint density at radius 1 is 1.44 bits per heavy atom. The Morgan fingerprint density at radius 2 is 2.25 bits per heavy atom. The summed E-state index contributed by atoms with van der Waals surface area (Å²) < 4.78 is 5.68. The zero-order chi connectivity index (χ0) is 11.5. The summed E-state index contributed by atoms with van der Waals surface area (Å²) in [6.45, 7) is 7.33. The van der Waals surface area contributed by atoms with E-state index in [1.165, 1.54) is 17.5 Å². The molecule has 1 atom stereocenters. The number of hydrogen-bond donors (Lipinski definition) is 1. The fraction of sp³-hybridized carbons (Fsp3) is 0.571. The van der Waals surface area contributed by atoms with E-state index in [1.54, 1.807) is 0 Å². The minimum absolute atomic E-state index is 0.367. The molecule has 1 aliphatic heterocycles. The van der Waals surface area contributed by atoms with Crippen LogP contribution in [0.4, 0.5) is 0 Å². The van der Waals surface area contributed by atoms with Crippen molar-refractivity contribution in [1.82, 2.24) is 5.32 Å². The molecular formula is C14H21NO. The van der Waals surface area contributed by atoms with E-state index in [2.05, 4.69) is 44.3 Å². The van der Waals surface area contributed by atoms with Crippen molar-refractivity contribution in [3.8, 4) is 5.75 Å². The minimum Gasteiger partial charge on any atom is -0.491 e. The summed E-state index contributed by atoms with van der Waals surface area (Å²) in [6, 6.07) is 7.45. The minimum atomic E-state index is 0.367. The molecule has 1 unspecified atom stereocenters. The molecule has 0 radical (unpaired) electrons. The predicted molar refractivity (Wildman–Crippen MR) is 66.9 cm³/mol. The third kappa shape index (κ3) is 2.38. The van der Waals surface area contributed by atoms with Crippen LogP contribution in [0.5, 0.6) is 5.75 Å². The van der Waals surface area contributed by atoms with E-state index in [-0.39, 0.29) is 0 Å². The zero-order valence-electron chi connectivity index (χ0n) is 10.4. The van der Waals surface area contributed by atoms with Gasteiger partial charge in [-0.15, -0.1) is 0 Å². The van der Waals surface area contributed by atoms with Crippen LogP contribution in [-0.4, -0.2) is 12.6 Å². The van der Waals surface area contributed by atoms with Gasteiger partial charge in [-0.2, -0.15) is 0 Å². The van der Waals surface area contributed by atoms with Crippen LogP contribution < -0.4 is 10.1 Å². The van der Waals surface area contributed by atoms with Gasteiger partial charge in [0.25, 0.3) is 0 Å². The van der Waals surface area contributed by atoms with Gasteiger partial charge in [0.15, 0.2) is 0 Å². The second-order valence-corrected chi connectivity index (χ2v) is 4.81. The van der Waals surface area contributed by atoms with Crippen LogP contribution >= 0.6 is 0 Å². The maximum absolute atomic E-state index is 5.68. The molecule has 1 aromatic rings. The Bertz CT molecular complexity index is 360. The van der Waals surface area contributed by atoms with Crippen molar-refractivity contribution < 1.29 is 4.74 Å². The third-order valence-corrected chi connectivity index (χ3v) is 2.93. The number of aryl methyl sites for hydroxylation is 1. The van der Waals surface area contributed by atoms with Gasteiger partial charge in [-0.1, -0.05) is 39.3 Å². The Hall–Kier alpha value is -1.02. The predicted octanol–water partition coefficient (Wildman–Crippen LogP) is 3.07. The van der Waals surface area contributed by atoms with E-state index in [0.717, 1.165) is 18.8 Å². The van der Waals surface area contributed by atoms with Crippen molar-refractivity contribution >= 4 is 0 Å². The van der Waals surface area contributed by atoms with Gasteiger partial charge < -0.3 is 10.1 Å². The third-order valence-electron chi connectivity index (χ3n) is 2.93. The summed E-state index contributed by atoms with van der Waals surface area (Å²) in [5.41, 5.74) is 2.75. The highest BCUT2D eigenvalue weighted by molar-refractivity contribution is 5.42. The smallest absolute Gasteiger partial charge is 0.124 e. The number of ether oxygens (including phenoxy) is 1. The van der Waals surface area contributed by atoms with Crippen LogP contribution in [0, 0.1) is 0 Å². The van der Waals surface area contributed by atoms with E-state index in [0.29, 0.717) is 12.1 Å². The molecule has 0 fully saturated rings. The average molecular weight is 219 g/mol. The number of hydrogen-bond acceptors (Lipinski definition) is 2. The molecule has 0 aliphatic carbocycles. The molecule has 0 spiro atoms. The molecular weight excluding hydrogens is 198 g/mol. The highest BCUT2D eigenvalue weighted by Gasteiger charge is 2.24. The van der Waals surface area contributed by atoms with Crippen molar-refractivity contribution in [3.63, 3.8) is 0 Å². The molecule has 1 heterocycles. The Morgan fingerprint density at radius 3 is 2.94 bits per heavy atom. The van der Waals surface area contributed by atoms with Gasteiger partial charge in [0.2, 0.25) is 0 Å². The molecule has 2 rings (SSSR count). The molecule has 1 aromatic carbocycles. The largest absolute Gasteiger partial charge is 0.491 e.